The summed E-state index contributed by atoms with van der Waals surface area (Å²) in [6.45, 7) is 2.07. The largest absolute Gasteiger partial charge is 0.305 e. The maximum absolute atomic E-state index is 12.7. The molecule has 1 amide bonds. The van der Waals surface area contributed by atoms with Crippen molar-refractivity contribution in [1.29, 1.82) is 0 Å². The van der Waals surface area contributed by atoms with Crippen molar-refractivity contribution < 1.29 is 13.9 Å². The fourth-order valence-electron chi connectivity index (χ4n) is 1.55. The second kappa shape index (κ2) is 5.40. The third-order valence-corrected chi connectivity index (χ3v) is 2.64. The summed E-state index contributed by atoms with van der Waals surface area (Å²) in [6, 6.07) is 9.30. The molecule has 3 nitrogen and oxygen atoms in total. The number of nitrogens with one attached hydrogen (secondary N) is 1. The number of halogens is 1. The Labute approximate surface area is 105 Å². The third-order valence-electron chi connectivity index (χ3n) is 2.64. The van der Waals surface area contributed by atoms with Crippen LogP contribution in [0.4, 0.5) is 4.39 Å². The van der Waals surface area contributed by atoms with Crippen LogP contribution in [-0.4, -0.2) is 5.91 Å². The second-order valence-corrected chi connectivity index (χ2v) is 3.92. The van der Waals surface area contributed by atoms with E-state index < -0.39 is 0 Å². The highest BCUT2D eigenvalue weighted by Gasteiger charge is 2.10. The Kier molecular flexibility index (Phi) is 3.67. The Hall–Kier alpha value is -2.23. The van der Waals surface area contributed by atoms with Gasteiger partial charge in [0.2, 0.25) is 0 Å². The van der Waals surface area contributed by atoms with Gasteiger partial charge in [-0.25, -0.2) is 4.39 Å². The average molecular weight is 245 g/mol. The highest BCUT2D eigenvalue weighted by molar-refractivity contribution is 5.98. The topological polar surface area (TPSA) is 33.0 Å². The van der Waals surface area contributed by atoms with E-state index in [1.165, 1.54) is 29.8 Å². The van der Waals surface area contributed by atoms with E-state index in [-0.39, 0.29) is 11.7 Å². The summed E-state index contributed by atoms with van der Waals surface area (Å²) in [5, 5.41) is 0. The minimum Gasteiger partial charge on any atom is -0.264 e. The number of hydrogen-bond acceptors (Lipinski definition) is 1. The molecule has 1 heterocycles. The molecular weight excluding hydrogens is 231 g/mol. The van der Waals surface area contributed by atoms with Crippen LogP contribution < -0.4 is 10.1 Å². The normalized spacial score (nSPS) is 10.1. The van der Waals surface area contributed by atoms with Gasteiger partial charge in [0, 0.05) is 17.7 Å². The number of carbonyl (C=O) groups is 1. The van der Waals surface area contributed by atoms with E-state index in [0.29, 0.717) is 5.56 Å². The first-order chi connectivity index (χ1) is 8.69. The van der Waals surface area contributed by atoms with Crippen molar-refractivity contribution >= 4 is 5.91 Å². The molecule has 92 valence electrons. The lowest BCUT2D eigenvalue weighted by Gasteiger charge is -2.00. The molecule has 0 radical (unpaired) electrons. The molecule has 0 saturated carbocycles. The molecule has 1 aromatic carbocycles. The minimum atomic E-state index is -0.355. The molecule has 0 fully saturated rings. The summed E-state index contributed by atoms with van der Waals surface area (Å²) in [7, 11) is 0. The molecular formula is C14H14FN2O+. The smallest absolute Gasteiger partial charge is 0.264 e. The SMILES string of the molecule is CCc1cc[n+](NC(=O)c2ccc(F)cc2)cc1. The fourth-order valence-corrected chi connectivity index (χ4v) is 1.55. The number of amides is 1. The summed E-state index contributed by atoms with van der Waals surface area (Å²) in [5.41, 5.74) is 4.30. The highest BCUT2D eigenvalue weighted by Crippen LogP contribution is 2.02. The first-order valence-corrected chi connectivity index (χ1v) is 5.76. The van der Waals surface area contributed by atoms with E-state index in [0.717, 1.165) is 6.42 Å². The van der Waals surface area contributed by atoms with Crippen LogP contribution in [0.25, 0.3) is 0 Å². The Bertz CT molecular complexity index is 535. The molecule has 0 aliphatic heterocycles. The summed E-state index contributed by atoms with van der Waals surface area (Å²) in [5.74, 6) is -0.629. The van der Waals surface area contributed by atoms with Gasteiger partial charge in [-0.3, -0.25) is 4.79 Å². The minimum absolute atomic E-state index is 0.274. The van der Waals surface area contributed by atoms with Gasteiger partial charge in [-0.15, -0.1) is 5.43 Å². The van der Waals surface area contributed by atoms with Crippen molar-refractivity contribution in [3.8, 4) is 0 Å². The van der Waals surface area contributed by atoms with Gasteiger partial charge < -0.3 is 0 Å². The molecule has 0 aliphatic rings. The number of aromatic nitrogens is 1. The number of rotatable bonds is 3. The predicted molar refractivity (Wildman–Crippen MR) is 66.1 cm³/mol. The predicted octanol–water partition coefficient (Wildman–Crippen LogP) is 2.06. The summed E-state index contributed by atoms with van der Waals surface area (Å²) < 4.78 is 14.3. The monoisotopic (exact) mass is 245 g/mol. The van der Waals surface area contributed by atoms with Gasteiger partial charge in [0.05, 0.1) is 0 Å². The lowest BCUT2D eigenvalue weighted by Crippen LogP contribution is -2.47. The summed E-state index contributed by atoms with van der Waals surface area (Å²) in [4.78, 5) is 11.8. The van der Waals surface area contributed by atoms with Crippen LogP contribution in [0.1, 0.15) is 22.8 Å². The lowest BCUT2D eigenvalue weighted by atomic mass is 10.2. The van der Waals surface area contributed by atoms with E-state index in [1.807, 2.05) is 12.1 Å². The van der Waals surface area contributed by atoms with Crippen molar-refractivity contribution in [2.45, 2.75) is 13.3 Å². The van der Waals surface area contributed by atoms with E-state index in [4.69, 9.17) is 0 Å². The van der Waals surface area contributed by atoms with Crippen LogP contribution in [0, 0.1) is 5.82 Å². The third kappa shape index (κ3) is 2.91. The highest BCUT2D eigenvalue weighted by atomic mass is 19.1. The zero-order valence-corrected chi connectivity index (χ0v) is 10.1. The number of aryl methyl sites for hydroxylation is 1. The zero-order valence-electron chi connectivity index (χ0n) is 10.1. The van der Waals surface area contributed by atoms with Gasteiger partial charge in [0.25, 0.3) is 0 Å². The molecule has 2 rings (SSSR count). The van der Waals surface area contributed by atoms with Gasteiger partial charge in [-0.05, 0) is 36.2 Å². The van der Waals surface area contributed by atoms with Crippen LogP contribution in [0.5, 0.6) is 0 Å². The van der Waals surface area contributed by atoms with Gasteiger partial charge in [0.15, 0.2) is 12.4 Å². The van der Waals surface area contributed by atoms with Gasteiger partial charge in [0.1, 0.15) is 5.82 Å². The van der Waals surface area contributed by atoms with Crippen LogP contribution >= 0.6 is 0 Å². The molecule has 0 aliphatic carbocycles. The summed E-state index contributed by atoms with van der Waals surface area (Å²) in [6.07, 6.45) is 4.51. The van der Waals surface area contributed by atoms with Gasteiger partial charge in [-0.2, -0.15) is 0 Å². The van der Waals surface area contributed by atoms with Crippen LogP contribution in [-0.2, 0) is 6.42 Å². The Balaban J connectivity index is 2.08. The maximum Gasteiger partial charge on any atom is 0.305 e. The van der Waals surface area contributed by atoms with Crippen LogP contribution in [0.3, 0.4) is 0 Å². The van der Waals surface area contributed by atoms with Gasteiger partial charge >= 0.3 is 5.91 Å². The van der Waals surface area contributed by atoms with Crippen molar-refractivity contribution in [3.63, 3.8) is 0 Å². The molecule has 4 heteroatoms. The first kappa shape index (κ1) is 12.2. The molecule has 1 N–H and O–H groups in total. The molecule has 18 heavy (non-hydrogen) atoms. The quantitative estimate of drug-likeness (QED) is 0.825. The maximum atomic E-state index is 12.7. The molecule has 0 bridgehead atoms. The first-order valence-electron chi connectivity index (χ1n) is 5.76. The van der Waals surface area contributed by atoms with Crippen molar-refractivity contribution in [2.75, 3.05) is 5.43 Å². The molecule has 2 aromatic rings. The van der Waals surface area contributed by atoms with Crippen molar-refractivity contribution in [2.24, 2.45) is 0 Å². The summed E-state index contributed by atoms with van der Waals surface area (Å²) >= 11 is 0. The molecule has 0 saturated heterocycles. The van der Waals surface area contributed by atoms with Crippen LogP contribution in [0.2, 0.25) is 0 Å². The molecule has 0 unspecified atom stereocenters. The Morgan fingerprint density at radius 3 is 2.33 bits per heavy atom. The number of nitrogens with zero attached hydrogens (tertiary/aromatic N) is 1. The molecule has 0 spiro atoms. The Morgan fingerprint density at radius 2 is 1.78 bits per heavy atom. The van der Waals surface area contributed by atoms with E-state index >= 15 is 0 Å². The van der Waals surface area contributed by atoms with Gasteiger partial charge in [-0.1, -0.05) is 11.6 Å². The van der Waals surface area contributed by atoms with E-state index in [9.17, 15) is 9.18 Å². The van der Waals surface area contributed by atoms with Crippen molar-refractivity contribution in [1.82, 2.24) is 0 Å². The molecule has 1 aromatic heterocycles. The van der Waals surface area contributed by atoms with Crippen molar-refractivity contribution in [3.05, 3.63) is 65.7 Å². The van der Waals surface area contributed by atoms with Crippen LogP contribution in [0.15, 0.2) is 48.8 Å². The number of benzene rings is 1. The number of hydrogen-bond donors (Lipinski definition) is 1. The average Bonchev–Trinajstić information content (AvgIpc) is 2.40. The number of carbonyl (C=O) groups excluding carboxylic acids is 1. The fraction of sp³-hybridized carbons (Fsp3) is 0.143. The Morgan fingerprint density at radius 1 is 1.17 bits per heavy atom. The number of pyridine rings is 1. The standard InChI is InChI=1S/C14H13FN2O/c1-2-11-7-9-17(10-8-11)16-14(18)12-3-5-13(15)6-4-12/h3-10H,2H2,1H3/p+1. The lowest BCUT2D eigenvalue weighted by molar-refractivity contribution is -0.641. The second-order valence-electron chi connectivity index (χ2n) is 3.92. The van der Waals surface area contributed by atoms with E-state index in [2.05, 4.69) is 12.3 Å². The van der Waals surface area contributed by atoms with E-state index in [1.54, 1.807) is 17.1 Å². The zero-order chi connectivity index (χ0) is 13.0. The molecule has 0 atom stereocenters.